The molecule has 0 spiro atoms. The van der Waals surface area contributed by atoms with Gasteiger partial charge in [0.1, 0.15) is 0 Å². The molecule has 0 unspecified atom stereocenters. The lowest BCUT2D eigenvalue weighted by molar-refractivity contribution is 0.937. The molecule has 80 valence electrons. The standard InChI is InChI=1S/C10H6Cl2N4/c1-5-2-3-6-7(4-5)9-13-14-10(12)16(9)15-8(6)11/h2-4H,1H3. The summed E-state index contributed by atoms with van der Waals surface area (Å²) in [5, 5.41) is 14.2. The van der Waals surface area contributed by atoms with Crippen molar-refractivity contribution in [2.75, 3.05) is 0 Å². The van der Waals surface area contributed by atoms with Gasteiger partial charge in [-0.1, -0.05) is 29.3 Å². The van der Waals surface area contributed by atoms with Crippen LogP contribution in [-0.2, 0) is 0 Å². The van der Waals surface area contributed by atoms with E-state index in [1.807, 2.05) is 25.1 Å². The van der Waals surface area contributed by atoms with Gasteiger partial charge >= 0.3 is 0 Å². The second-order valence-electron chi connectivity index (χ2n) is 3.54. The van der Waals surface area contributed by atoms with Crippen LogP contribution < -0.4 is 0 Å². The maximum absolute atomic E-state index is 6.07. The van der Waals surface area contributed by atoms with Gasteiger partial charge in [0.2, 0.25) is 5.28 Å². The lowest BCUT2D eigenvalue weighted by Gasteiger charge is -2.02. The van der Waals surface area contributed by atoms with Gasteiger partial charge in [0.15, 0.2) is 10.8 Å². The van der Waals surface area contributed by atoms with Crippen LogP contribution >= 0.6 is 23.2 Å². The minimum absolute atomic E-state index is 0.209. The van der Waals surface area contributed by atoms with E-state index in [1.54, 1.807) is 0 Å². The van der Waals surface area contributed by atoms with Crippen molar-refractivity contribution in [3.05, 3.63) is 34.2 Å². The number of fused-ring (bicyclic) bond motifs is 3. The molecule has 0 bridgehead atoms. The van der Waals surface area contributed by atoms with E-state index < -0.39 is 0 Å². The van der Waals surface area contributed by atoms with Crippen molar-refractivity contribution in [2.24, 2.45) is 0 Å². The summed E-state index contributed by atoms with van der Waals surface area (Å²) in [6.07, 6.45) is 0. The summed E-state index contributed by atoms with van der Waals surface area (Å²) >= 11 is 11.9. The van der Waals surface area contributed by atoms with Crippen LogP contribution in [0.15, 0.2) is 18.2 Å². The molecule has 2 aromatic heterocycles. The average Bonchev–Trinajstić information content (AvgIpc) is 2.61. The minimum Gasteiger partial charge on any atom is -0.181 e. The first-order valence-corrected chi connectivity index (χ1v) is 5.39. The molecule has 0 aliphatic rings. The van der Waals surface area contributed by atoms with Gasteiger partial charge in [-0.15, -0.1) is 10.2 Å². The summed E-state index contributed by atoms with van der Waals surface area (Å²) in [4.78, 5) is 0. The molecule has 0 saturated carbocycles. The number of hydrogen-bond acceptors (Lipinski definition) is 3. The van der Waals surface area contributed by atoms with Crippen molar-refractivity contribution < 1.29 is 0 Å². The Bertz CT molecular complexity index is 705. The average molecular weight is 253 g/mol. The van der Waals surface area contributed by atoms with Crippen molar-refractivity contribution in [3.8, 4) is 0 Å². The van der Waals surface area contributed by atoms with E-state index in [9.17, 15) is 0 Å². The summed E-state index contributed by atoms with van der Waals surface area (Å²) in [5.74, 6) is 0. The number of hydrogen-bond donors (Lipinski definition) is 0. The second kappa shape index (κ2) is 3.30. The molecule has 0 amide bonds. The van der Waals surface area contributed by atoms with Crippen LogP contribution in [0.3, 0.4) is 0 Å². The first-order valence-electron chi connectivity index (χ1n) is 4.63. The zero-order chi connectivity index (χ0) is 11.3. The topological polar surface area (TPSA) is 43.1 Å². The molecule has 3 rings (SSSR count). The number of aromatic nitrogens is 4. The molecule has 0 radical (unpaired) electrons. The Hall–Kier alpha value is -1.39. The zero-order valence-corrected chi connectivity index (χ0v) is 9.79. The predicted octanol–water partition coefficient (Wildman–Crippen LogP) is 2.89. The Kier molecular flexibility index (Phi) is 2.02. The van der Waals surface area contributed by atoms with E-state index in [-0.39, 0.29) is 5.28 Å². The number of benzene rings is 1. The molecule has 0 saturated heterocycles. The van der Waals surface area contributed by atoms with Gasteiger partial charge in [0.25, 0.3) is 0 Å². The van der Waals surface area contributed by atoms with Gasteiger partial charge in [0.05, 0.1) is 0 Å². The minimum atomic E-state index is 0.209. The molecule has 0 N–H and O–H groups in total. The molecule has 3 aromatic rings. The largest absolute Gasteiger partial charge is 0.246 e. The third-order valence-corrected chi connectivity index (χ3v) is 2.94. The Morgan fingerprint density at radius 2 is 1.94 bits per heavy atom. The highest BCUT2D eigenvalue weighted by Crippen LogP contribution is 2.26. The zero-order valence-electron chi connectivity index (χ0n) is 8.28. The fraction of sp³-hybridized carbons (Fsp3) is 0.100. The van der Waals surface area contributed by atoms with Gasteiger partial charge in [-0.05, 0) is 24.6 Å². The van der Waals surface area contributed by atoms with Crippen LogP contribution in [0.2, 0.25) is 10.4 Å². The quantitative estimate of drug-likeness (QED) is 0.618. The third-order valence-electron chi connectivity index (χ3n) is 2.43. The highest BCUT2D eigenvalue weighted by atomic mass is 35.5. The van der Waals surface area contributed by atoms with Crippen molar-refractivity contribution in [1.82, 2.24) is 19.8 Å². The molecule has 16 heavy (non-hydrogen) atoms. The molecule has 2 heterocycles. The van der Waals surface area contributed by atoms with E-state index in [2.05, 4.69) is 15.3 Å². The highest BCUT2D eigenvalue weighted by molar-refractivity contribution is 6.35. The van der Waals surface area contributed by atoms with Gasteiger partial charge in [0, 0.05) is 10.8 Å². The van der Waals surface area contributed by atoms with Crippen LogP contribution in [0.4, 0.5) is 0 Å². The molecule has 4 nitrogen and oxygen atoms in total. The number of aryl methyl sites for hydroxylation is 1. The van der Waals surface area contributed by atoms with Crippen LogP contribution in [0.25, 0.3) is 16.4 Å². The smallest absolute Gasteiger partial charge is 0.181 e. The first-order chi connectivity index (χ1) is 7.66. The summed E-state index contributed by atoms with van der Waals surface area (Å²) < 4.78 is 1.44. The summed E-state index contributed by atoms with van der Waals surface area (Å²) in [6.45, 7) is 2.00. The number of rotatable bonds is 0. The molecule has 0 fully saturated rings. The molecule has 6 heteroatoms. The molecule has 1 aromatic carbocycles. The Morgan fingerprint density at radius 1 is 1.12 bits per heavy atom. The number of nitrogens with zero attached hydrogens (tertiary/aromatic N) is 4. The van der Waals surface area contributed by atoms with E-state index in [4.69, 9.17) is 23.2 Å². The highest BCUT2D eigenvalue weighted by Gasteiger charge is 2.11. The maximum Gasteiger partial charge on any atom is 0.246 e. The summed E-state index contributed by atoms with van der Waals surface area (Å²) in [5.41, 5.74) is 1.74. The summed E-state index contributed by atoms with van der Waals surface area (Å²) in [6, 6.07) is 5.89. The summed E-state index contributed by atoms with van der Waals surface area (Å²) in [7, 11) is 0. The van der Waals surface area contributed by atoms with Crippen molar-refractivity contribution in [2.45, 2.75) is 6.92 Å². The SMILES string of the molecule is Cc1ccc2c(Cl)nn3c(Cl)nnc3c2c1. The molecule has 0 aliphatic carbocycles. The molecular weight excluding hydrogens is 247 g/mol. The van der Waals surface area contributed by atoms with E-state index >= 15 is 0 Å². The van der Waals surface area contributed by atoms with Crippen LogP contribution in [0, 0.1) is 6.92 Å². The molecular formula is C10H6Cl2N4. The van der Waals surface area contributed by atoms with Gasteiger partial charge in [-0.3, -0.25) is 0 Å². The van der Waals surface area contributed by atoms with E-state index in [0.717, 1.165) is 16.3 Å². The second-order valence-corrected chi connectivity index (χ2v) is 4.24. The van der Waals surface area contributed by atoms with Gasteiger partial charge in [-0.2, -0.15) is 9.61 Å². The van der Waals surface area contributed by atoms with Gasteiger partial charge in [-0.25, -0.2) is 0 Å². The van der Waals surface area contributed by atoms with E-state index in [0.29, 0.717) is 10.8 Å². The van der Waals surface area contributed by atoms with Crippen molar-refractivity contribution in [1.29, 1.82) is 0 Å². The lowest BCUT2D eigenvalue weighted by atomic mass is 10.1. The Labute approximate surface area is 101 Å². The predicted molar refractivity (Wildman–Crippen MR) is 63.0 cm³/mol. The van der Waals surface area contributed by atoms with Crippen molar-refractivity contribution >= 4 is 39.6 Å². The Morgan fingerprint density at radius 3 is 2.75 bits per heavy atom. The number of halogens is 2. The van der Waals surface area contributed by atoms with Crippen LogP contribution in [0.1, 0.15) is 5.56 Å². The van der Waals surface area contributed by atoms with Crippen LogP contribution in [0.5, 0.6) is 0 Å². The van der Waals surface area contributed by atoms with Gasteiger partial charge < -0.3 is 0 Å². The fourth-order valence-corrected chi connectivity index (χ4v) is 2.08. The van der Waals surface area contributed by atoms with Crippen molar-refractivity contribution in [3.63, 3.8) is 0 Å². The Balaban J connectivity index is 2.62. The first kappa shape index (κ1) is 9.81. The van der Waals surface area contributed by atoms with E-state index in [1.165, 1.54) is 4.52 Å². The van der Waals surface area contributed by atoms with Crippen LogP contribution in [-0.4, -0.2) is 19.8 Å². The normalized spacial score (nSPS) is 11.4. The fourth-order valence-electron chi connectivity index (χ4n) is 1.68. The maximum atomic E-state index is 6.07. The third kappa shape index (κ3) is 1.27. The molecule has 0 aliphatic heterocycles. The lowest BCUT2D eigenvalue weighted by Crippen LogP contribution is -1.94. The monoisotopic (exact) mass is 252 g/mol. The molecule has 0 atom stereocenters.